The molecule has 1 heterocycles. The summed E-state index contributed by atoms with van der Waals surface area (Å²) in [7, 11) is 0. The van der Waals surface area contributed by atoms with Crippen molar-refractivity contribution in [1.29, 1.82) is 0 Å². The standard InChI is InChI=1S/C11H21NO3/c1-3-15-8-9(2)12-5-4-10(7-12)6-11(13)14/h9-10H,3-8H2,1-2H3,(H,13,14). The number of likely N-dealkylation sites (tertiary alicyclic amines) is 1. The molecule has 4 heteroatoms. The zero-order chi connectivity index (χ0) is 11.3. The number of hydrogen-bond acceptors (Lipinski definition) is 3. The highest BCUT2D eigenvalue weighted by Crippen LogP contribution is 2.21. The fourth-order valence-electron chi connectivity index (χ4n) is 2.07. The highest BCUT2D eigenvalue weighted by Gasteiger charge is 2.27. The highest BCUT2D eigenvalue weighted by molar-refractivity contribution is 5.67. The molecule has 1 aliphatic heterocycles. The number of carboxylic acid groups (broad SMARTS) is 1. The molecule has 1 fully saturated rings. The Kier molecular flexibility index (Phi) is 5.05. The monoisotopic (exact) mass is 215 g/mol. The van der Waals surface area contributed by atoms with Gasteiger partial charge in [0, 0.05) is 25.6 Å². The third kappa shape index (κ3) is 4.18. The Hall–Kier alpha value is -0.610. The predicted octanol–water partition coefficient (Wildman–Crippen LogP) is 1.21. The Bertz CT molecular complexity index is 208. The van der Waals surface area contributed by atoms with Crippen LogP contribution in [0.2, 0.25) is 0 Å². The van der Waals surface area contributed by atoms with Crippen molar-refractivity contribution in [2.45, 2.75) is 32.7 Å². The molecule has 0 spiro atoms. The lowest BCUT2D eigenvalue weighted by Gasteiger charge is -2.23. The molecule has 0 bridgehead atoms. The summed E-state index contributed by atoms with van der Waals surface area (Å²) in [6, 6.07) is 0.406. The second-order valence-corrected chi connectivity index (χ2v) is 4.26. The minimum absolute atomic E-state index is 0.303. The van der Waals surface area contributed by atoms with Gasteiger partial charge in [0.1, 0.15) is 0 Å². The maximum atomic E-state index is 10.6. The summed E-state index contributed by atoms with van der Waals surface area (Å²) in [5, 5.41) is 8.70. The average molecular weight is 215 g/mol. The smallest absolute Gasteiger partial charge is 0.303 e. The molecule has 15 heavy (non-hydrogen) atoms. The van der Waals surface area contributed by atoms with E-state index in [0.717, 1.165) is 32.7 Å². The van der Waals surface area contributed by atoms with Crippen LogP contribution < -0.4 is 0 Å². The van der Waals surface area contributed by atoms with Gasteiger partial charge < -0.3 is 9.84 Å². The van der Waals surface area contributed by atoms with Gasteiger partial charge in [0.2, 0.25) is 0 Å². The first-order chi connectivity index (χ1) is 7.13. The zero-order valence-electron chi connectivity index (χ0n) is 9.61. The number of ether oxygens (including phenoxy) is 1. The van der Waals surface area contributed by atoms with E-state index < -0.39 is 5.97 Å². The lowest BCUT2D eigenvalue weighted by atomic mass is 10.1. The van der Waals surface area contributed by atoms with E-state index in [4.69, 9.17) is 9.84 Å². The van der Waals surface area contributed by atoms with Crippen LogP contribution in [0.25, 0.3) is 0 Å². The van der Waals surface area contributed by atoms with Crippen molar-refractivity contribution in [2.75, 3.05) is 26.3 Å². The van der Waals surface area contributed by atoms with Crippen molar-refractivity contribution in [2.24, 2.45) is 5.92 Å². The van der Waals surface area contributed by atoms with Gasteiger partial charge >= 0.3 is 5.97 Å². The fourth-order valence-corrected chi connectivity index (χ4v) is 2.07. The SMILES string of the molecule is CCOCC(C)N1CCC(CC(=O)O)C1. The molecule has 1 rings (SSSR count). The molecule has 1 aliphatic rings. The predicted molar refractivity (Wildman–Crippen MR) is 57.9 cm³/mol. The van der Waals surface area contributed by atoms with Gasteiger partial charge in [-0.15, -0.1) is 0 Å². The van der Waals surface area contributed by atoms with Crippen LogP contribution in [-0.4, -0.2) is 48.3 Å². The molecule has 1 saturated heterocycles. The Morgan fingerprint density at radius 2 is 2.40 bits per heavy atom. The van der Waals surface area contributed by atoms with E-state index >= 15 is 0 Å². The minimum atomic E-state index is -0.681. The molecular formula is C11H21NO3. The number of hydrogen-bond donors (Lipinski definition) is 1. The molecule has 0 aromatic heterocycles. The normalized spacial score (nSPS) is 24.3. The second kappa shape index (κ2) is 6.08. The molecule has 0 radical (unpaired) electrons. The van der Waals surface area contributed by atoms with Gasteiger partial charge in [0.05, 0.1) is 6.61 Å². The topological polar surface area (TPSA) is 49.8 Å². The van der Waals surface area contributed by atoms with Gasteiger partial charge in [-0.1, -0.05) is 0 Å². The molecule has 0 aromatic carbocycles. The Labute approximate surface area is 91.2 Å². The van der Waals surface area contributed by atoms with Crippen molar-refractivity contribution >= 4 is 5.97 Å². The van der Waals surface area contributed by atoms with Crippen LogP contribution in [0, 0.1) is 5.92 Å². The summed E-state index contributed by atoms with van der Waals surface area (Å²) < 4.78 is 5.37. The lowest BCUT2D eigenvalue weighted by molar-refractivity contribution is -0.138. The largest absolute Gasteiger partial charge is 0.481 e. The van der Waals surface area contributed by atoms with E-state index in [1.165, 1.54) is 0 Å². The van der Waals surface area contributed by atoms with Gasteiger partial charge in [0.25, 0.3) is 0 Å². The van der Waals surface area contributed by atoms with Crippen molar-refractivity contribution < 1.29 is 14.6 Å². The molecule has 2 unspecified atom stereocenters. The summed E-state index contributed by atoms with van der Waals surface area (Å²) in [5.41, 5.74) is 0. The molecule has 0 aliphatic carbocycles. The van der Waals surface area contributed by atoms with Crippen LogP contribution in [0.3, 0.4) is 0 Å². The Morgan fingerprint density at radius 1 is 1.67 bits per heavy atom. The summed E-state index contributed by atoms with van der Waals surface area (Å²) in [6.45, 7) is 7.53. The van der Waals surface area contributed by atoms with Crippen LogP contribution in [0.15, 0.2) is 0 Å². The number of carboxylic acids is 1. The van der Waals surface area contributed by atoms with Crippen LogP contribution >= 0.6 is 0 Å². The van der Waals surface area contributed by atoms with Crippen LogP contribution in [0.5, 0.6) is 0 Å². The molecule has 4 nitrogen and oxygen atoms in total. The fraction of sp³-hybridized carbons (Fsp3) is 0.909. The number of aliphatic carboxylic acids is 1. The first kappa shape index (κ1) is 12.5. The maximum absolute atomic E-state index is 10.6. The van der Waals surface area contributed by atoms with E-state index in [1.807, 2.05) is 6.92 Å². The van der Waals surface area contributed by atoms with Crippen LogP contribution in [0.1, 0.15) is 26.7 Å². The summed E-state index contributed by atoms with van der Waals surface area (Å²) in [5.74, 6) is -0.356. The highest BCUT2D eigenvalue weighted by atomic mass is 16.5. The number of carbonyl (C=O) groups is 1. The Morgan fingerprint density at radius 3 is 3.00 bits per heavy atom. The molecule has 0 aromatic rings. The molecule has 88 valence electrons. The van der Waals surface area contributed by atoms with Gasteiger partial charge in [-0.05, 0) is 32.7 Å². The van der Waals surface area contributed by atoms with E-state index in [1.54, 1.807) is 0 Å². The van der Waals surface area contributed by atoms with Gasteiger partial charge in [0.15, 0.2) is 0 Å². The van der Waals surface area contributed by atoms with Crippen LogP contribution in [0.4, 0.5) is 0 Å². The first-order valence-electron chi connectivity index (χ1n) is 5.67. The molecule has 1 N–H and O–H groups in total. The van der Waals surface area contributed by atoms with E-state index in [9.17, 15) is 4.79 Å². The second-order valence-electron chi connectivity index (χ2n) is 4.26. The summed E-state index contributed by atoms with van der Waals surface area (Å²) in [4.78, 5) is 12.9. The minimum Gasteiger partial charge on any atom is -0.481 e. The molecule has 0 saturated carbocycles. The van der Waals surface area contributed by atoms with E-state index in [0.29, 0.717) is 18.4 Å². The molecular weight excluding hydrogens is 194 g/mol. The van der Waals surface area contributed by atoms with Crippen LogP contribution in [-0.2, 0) is 9.53 Å². The molecule has 2 atom stereocenters. The maximum Gasteiger partial charge on any atom is 0.303 e. The quantitative estimate of drug-likeness (QED) is 0.723. The third-order valence-electron chi connectivity index (χ3n) is 2.97. The van der Waals surface area contributed by atoms with Gasteiger partial charge in [-0.3, -0.25) is 9.69 Å². The first-order valence-corrected chi connectivity index (χ1v) is 5.67. The lowest BCUT2D eigenvalue weighted by Crippen LogP contribution is -2.34. The van der Waals surface area contributed by atoms with Crippen molar-refractivity contribution in [3.63, 3.8) is 0 Å². The number of rotatable bonds is 6. The Balaban J connectivity index is 2.25. The van der Waals surface area contributed by atoms with Gasteiger partial charge in [-0.2, -0.15) is 0 Å². The third-order valence-corrected chi connectivity index (χ3v) is 2.97. The van der Waals surface area contributed by atoms with E-state index in [2.05, 4.69) is 11.8 Å². The summed E-state index contributed by atoms with van der Waals surface area (Å²) in [6.07, 6.45) is 1.31. The van der Waals surface area contributed by atoms with Gasteiger partial charge in [-0.25, -0.2) is 0 Å². The van der Waals surface area contributed by atoms with Crippen molar-refractivity contribution in [1.82, 2.24) is 4.90 Å². The number of nitrogens with zero attached hydrogens (tertiary/aromatic N) is 1. The molecule has 0 amide bonds. The zero-order valence-corrected chi connectivity index (χ0v) is 9.61. The van der Waals surface area contributed by atoms with Crippen molar-refractivity contribution in [3.8, 4) is 0 Å². The average Bonchev–Trinajstić information content (AvgIpc) is 2.61. The summed E-state index contributed by atoms with van der Waals surface area (Å²) >= 11 is 0. The van der Waals surface area contributed by atoms with Crippen molar-refractivity contribution in [3.05, 3.63) is 0 Å². The van der Waals surface area contributed by atoms with E-state index in [-0.39, 0.29) is 0 Å².